The first-order valence-electron chi connectivity index (χ1n) is 8.94. The molecule has 0 aliphatic carbocycles. The van der Waals surface area contributed by atoms with Crippen molar-refractivity contribution in [2.45, 2.75) is 12.5 Å². The highest BCUT2D eigenvalue weighted by Gasteiger charge is 2.23. The number of nitrogens with zero attached hydrogens (tertiary/aromatic N) is 3. The number of para-hydroxylation sites is 2. The van der Waals surface area contributed by atoms with Crippen molar-refractivity contribution in [3.05, 3.63) is 64.1 Å². The van der Waals surface area contributed by atoms with E-state index in [1.165, 1.54) is 12.1 Å². The lowest BCUT2D eigenvalue weighted by Gasteiger charge is -2.15. The highest BCUT2D eigenvalue weighted by atomic mass is 32.2. The van der Waals surface area contributed by atoms with E-state index in [9.17, 15) is 14.9 Å². The molecule has 2 aromatic heterocycles. The number of non-ortho nitro benzene ring substituents is 1. The third-order valence-electron chi connectivity index (χ3n) is 4.63. The molecule has 2 aromatic carbocycles. The third kappa shape index (κ3) is 3.79. The van der Waals surface area contributed by atoms with Gasteiger partial charge >= 0.3 is 0 Å². The van der Waals surface area contributed by atoms with E-state index in [1.807, 2.05) is 30.5 Å². The molecule has 29 heavy (non-hydrogen) atoms. The summed E-state index contributed by atoms with van der Waals surface area (Å²) >= 11 is 1.67. The zero-order valence-corrected chi connectivity index (χ0v) is 16.3. The number of hydrogen-bond acceptors (Lipinski definition) is 6. The molecule has 0 radical (unpaired) electrons. The van der Waals surface area contributed by atoms with Crippen LogP contribution in [0.1, 0.15) is 28.8 Å². The van der Waals surface area contributed by atoms with Crippen molar-refractivity contribution in [2.24, 2.45) is 0 Å². The fourth-order valence-corrected chi connectivity index (χ4v) is 3.64. The number of amides is 1. The van der Waals surface area contributed by atoms with Crippen molar-refractivity contribution < 1.29 is 9.72 Å². The van der Waals surface area contributed by atoms with Crippen LogP contribution in [0.5, 0.6) is 0 Å². The largest absolute Gasteiger partial charge is 0.341 e. The second-order valence-corrected chi connectivity index (χ2v) is 7.49. The number of aromatic nitrogens is 4. The maximum atomic E-state index is 13.0. The Morgan fingerprint density at radius 2 is 2.10 bits per heavy atom. The van der Waals surface area contributed by atoms with Crippen LogP contribution in [0.4, 0.5) is 5.69 Å². The van der Waals surface area contributed by atoms with Crippen molar-refractivity contribution in [1.29, 1.82) is 0 Å². The van der Waals surface area contributed by atoms with Gasteiger partial charge in [0.1, 0.15) is 5.82 Å². The Kier molecular flexibility index (Phi) is 5.17. The molecule has 0 saturated heterocycles. The van der Waals surface area contributed by atoms with Gasteiger partial charge < -0.3 is 10.3 Å². The number of nitro benzene ring substituents is 1. The molecule has 4 rings (SSSR count). The number of hydrogen-bond donors (Lipinski definition) is 3. The fourth-order valence-electron chi connectivity index (χ4n) is 3.17. The van der Waals surface area contributed by atoms with Crippen molar-refractivity contribution >= 4 is 45.3 Å². The molecule has 0 bridgehead atoms. The number of thioether (sulfide) groups is 1. The molecule has 3 N–H and O–H groups in total. The van der Waals surface area contributed by atoms with E-state index >= 15 is 0 Å². The molecule has 0 spiro atoms. The lowest BCUT2D eigenvalue weighted by Crippen LogP contribution is -2.30. The number of imidazole rings is 1. The van der Waals surface area contributed by atoms with Gasteiger partial charge in [-0.25, -0.2) is 4.98 Å². The molecule has 10 heteroatoms. The average molecular weight is 410 g/mol. The molecule has 1 atom stereocenters. The second kappa shape index (κ2) is 7.92. The molecule has 0 aliphatic heterocycles. The minimum Gasteiger partial charge on any atom is -0.341 e. The van der Waals surface area contributed by atoms with Gasteiger partial charge in [0.05, 0.1) is 27.5 Å². The average Bonchev–Trinajstić information content (AvgIpc) is 3.34. The van der Waals surface area contributed by atoms with Crippen LogP contribution in [0.25, 0.3) is 21.9 Å². The number of carbonyl (C=O) groups excluding carboxylic acids is 1. The van der Waals surface area contributed by atoms with Crippen molar-refractivity contribution in [3.8, 4) is 0 Å². The Labute approximate surface area is 169 Å². The van der Waals surface area contributed by atoms with Crippen LogP contribution in [0, 0.1) is 10.1 Å². The topological polar surface area (TPSA) is 130 Å². The summed E-state index contributed by atoms with van der Waals surface area (Å²) < 4.78 is 0. The normalized spacial score (nSPS) is 12.3. The van der Waals surface area contributed by atoms with Crippen LogP contribution in [0.3, 0.4) is 0 Å². The van der Waals surface area contributed by atoms with Crippen LogP contribution in [0.2, 0.25) is 0 Å². The minimum atomic E-state index is -0.496. The summed E-state index contributed by atoms with van der Waals surface area (Å²) in [6.45, 7) is 0. The van der Waals surface area contributed by atoms with Crippen LogP contribution < -0.4 is 5.32 Å². The van der Waals surface area contributed by atoms with Crippen LogP contribution >= 0.6 is 11.8 Å². The first kappa shape index (κ1) is 18.9. The molecule has 0 aliphatic rings. The van der Waals surface area contributed by atoms with Gasteiger partial charge in [0.25, 0.3) is 11.6 Å². The summed E-state index contributed by atoms with van der Waals surface area (Å²) in [4.78, 5) is 31.4. The Hall–Kier alpha value is -3.40. The molecule has 148 valence electrons. The summed E-state index contributed by atoms with van der Waals surface area (Å²) in [6.07, 6.45) is 2.67. The number of rotatable bonds is 7. The van der Waals surface area contributed by atoms with E-state index in [0.717, 1.165) is 16.8 Å². The zero-order chi connectivity index (χ0) is 20.4. The molecule has 9 nitrogen and oxygen atoms in total. The lowest BCUT2D eigenvalue weighted by atomic mass is 10.1. The predicted octanol–water partition coefficient (Wildman–Crippen LogP) is 3.57. The molecular weight excluding hydrogens is 392 g/mol. The Morgan fingerprint density at radius 1 is 1.28 bits per heavy atom. The summed E-state index contributed by atoms with van der Waals surface area (Å²) in [5.74, 6) is 1.08. The van der Waals surface area contributed by atoms with Gasteiger partial charge in [-0.1, -0.05) is 12.1 Å². The van der Waals surface area contributed by atoms with E-state index < -0.39 is 10.8 Å². The maximum absolute atomic E-state index is 13.0. The number of benzene rings is 2. The standard InChI is InChI=1S/C19H18N6O3S/c1-29-9-8-16(18-20-14-4-2-3-5-15(14)21-18)22-19(26)17-12-10-11(25(27)28)6-7-13(12)23-24-17/h2-7,10,16H,8-9H2,1H3,(H,20,21)(H,22,26)(H,23,24)/t16-/m0/s1. The SMILES string of the molecule is CSCC[C@H](NC(=O)c1n[nH]c2ccc([N+](=O)[O-])cc12)c1nc2ccccc2[nH]1. The van der Waals surface area contributed by atoms with Crippen molar-refractivity contribution in [2.75, 3.05) is 12.0 Å². The van der Waals surface area contributed by atoms with Gasteiger partial charge in [0.15, 0.2) is 5.69 Å². The first-order valence-corrected chi connectivity index (χ1v) is 10.3. The number of fused-ring (bicyclic) bond motifs is 2. The minimum absolute atomic E-state index is 0.0934. The fraction of sp³-hybridized carbons (Fsp3) is 0.211. The van der Waals surface area contributed by atoms with Gasteiger partial charge in [0, 0.05) is 17.5 Å². The van der Waals surface area contributed by atoms with Crippen LogP contribution in [0.15, 0.2) is 42.5 Å². The van der Waals surface area contributed by atoms with E-state index in [0.29, 0.717) is 23.1 Å². The highest BCUT2D eigenvalue weighted by Crippen LogP contribution is 2.24. The molecule has 2 heterocycles. The van der Waals surface area contributed by atoms with E-state index in [1.54, 1.807) is 17.8 Å². The van der Waals surface area contributed by atoms with E-state index in [2.05, 4.69) is 25.5 Å². The quantitative estimate of drug-likeness (QED) is 0.315. The Balaban J connectivity index is 1.65. The van der Waals surface area contributed by atoms with Crippen LogP contribution in [-0.4, -0.2) is 43.0 Å². The zero-order valence-electron chi connectivity index (χ0n) is 15.5. The molecule has 0 unspecified atom stereocenters. The molecule has 0 saturated carbocycles. The maximum Gasteiger partial charge on any atom is 0.273 e. The number of carbonyl (C=O) groups is 1. The third-order valence-corrected chi connectivity index (χ3v) is 5.27. The summed E-state index contributed by atoms with van der Waals surface area (Å²) in [5.41, 5.74) is 2.31. The number of H-pyrrole nitrogens is 2. The van der Waals surface area contributed by atoms with Gasteiger partial charge in [-0.15, -0.1) is 0 Å². The molecule has 0 fully saturated rings. The first-order chi connectivity index (χ1) is 14.1. The lowest BCUT2D eigenvalue weighted by molar-refractivity contribution is -0.384. The Bertz CT molecular complexity index is 1170. The smallest absolute Gasteiger partial charge is 0.273 e. The molecule has 4 aromatic rings. The van der Waals surface area contributed by atoms with Gasteiger partial charge in [-0.3, -0.25) is 20.0 Å². The van der Waals surface area contributed by atoms with E-state index in [-0.39, 0.29) is 17.4 Å². The van der Waals surface area contributed by atoms with Gasteiger partial charge in [-0.05, 0) is 36.6 Å². The van der Waals surface area contributed by atoms with Crippen LogP contribution in [-0.2, 0) is 0 Å². The monoisotopic (exact) mass is 410 g/mol. The van der Waals surface area contributed by atoms with E-state index in [4.69, 9.17) is 0 Å². The van der Waals surface area contributed by atoms with Gasteiger partial charge in [-0.2, -0.15) is 16.9 Å². The molecule has 1 amide bonds. The summed E-state index contributed by atoms with van der Waals surface area (Å²) in [7, 11) is 0. The molecular formula is C19H18N6O3S. The Morgan fingerprint density at radius 3 is 2.86 bits per heavy atom. The highest BCUT2D eigenvalue weighted by molar-refractivity contribution is 7.98. The predicted molar refractivity (Wildman–Crippen MR) is 112 cm³/mol. The van der Waals surface area contributed by atoms with Crippen molar-refractivity contribution in [1.82, 2.24) is 25.5 Å². The number of nitrogens with one attached hydrogen (secondary N) is 3. The number of aromatic amines is 2. The summed E-state index contributed by atoms with van der Waals surface area (Å²) in [5, 5.41) is 21.3. The van der Waals surface area contributed by atoms with Crippen molar-refractivity contribution in [3.63, 3.8) is 0 Å². The van der Waals surface area contributed by atoms with Gasteiger partial charge in [0.2, 0.25) is 0 Å². The summed E-state index contributed by atoms with van der Waals surface area (Å²) in [6, 6.07) is 11.6. The number of nitro groups is 1. The second-order valence-electron chi connectivity index (χ2n) is 6.51.